The summed E-state index contributed by atoms with van der Waals surface area (Å²) in [6, 6.07) is 2.87. The van der Waals surface area contributed by atoms with Gasteiger partial charge in [0.2, 0.25) is 11.6 Å². The maximum absolute atomic E-state index is 14.1. The average molecular weight is 380 g/mol. The molecule has 1 aromatic carbocycles. The van der Waals surface area contributed by atoms with Crippen LogP contribution in [-0.2, 0) is 4.74 Å². The fourth-order valence-corrected chi connectivity index (χ4v) is 4.18. The molecule has 1 aliphatic heterocycles. The van der Waals surface area contributed by atoms with Gasteiger partial charge in [-0.1, -0.05) is 6.08 Å². The van der Waals surface area contributed by atoms with Crippen LogP contribution in [0.5, 0.6) is 11.5 Å². The molecule has 1 aliphatic carbocycles. The van der Waals surface area contributed by atoms with Crippen LogP contribution in [0.1, 0.15) is 45.4 Å². The zero-order valence-corrected chi connectivity index (χ0v) is 16.1. The van der Waals surface area contributed by atoms with Crippen molar-refractivity contribution in [1.82, 2.24) is 0 Å². The lowest BCUT2D eigenvalue weighted by Crippen LogP contribution is -2.34. The lowest BCUT2D eigenvalue weighted by atomic mass is 9.77. The number of halogens is 2. The minimum atomic E-state index is -0.981. The van der Waals surface area contributed by atoms with Crippen LogP contribution in [0.2, 0.25) is 0 Å². The summed E-state index contributed by atoms with van der Waals surface area (Å²) in [5.41, 5.74) is 0. The van der Waals surface area contributed by atoms with E-state index in [9.17, 15) is 8.78 Å². The highest BCUT2D eigenvalue weighted by atomic mass is 19.2. The number of hydrogen-bond acceptors (Lipinski definition) is 3. The van der Waals surface area contributed by atoms with Crippen molar-refractivity contribution in [3.05, 3.63) is 36.4 Å². The van der Waals surface area contributed by atoms with E-state index in [1.165, 1.54) is 18.6 Å². The predicted molar refractivity (Wildman–Crippen MR) is 101 cm³/mol. The van der Waals surface area contributed by atoms with Gasteiger partial charge in [-0.25, -0.2) is 0 Å². The van der Waals surface area contributed by atoms with Crippen LogP contribution in [0.25, 0.3) is 0 Å². The number of hydrogen-bond donors (Lipinski definition) is 0. The second-order valence-corrected chi connectivity index (χ2v) is 7.66. The maximum atomic E-state index is 14.1. The van der Waals surface area contributed by atoms with Gasteiger partial charge >= 0.3 is 0 Å². The molecule has 2 unspecified atom stereocenters. The third-order valence-electron chi connectivity index (χ3n) is 5.88. The Morgan fingerprint density at radius 2 is 1.70 bits per heavy atom. The van der Waals surface area contributed by atoms with Gasteiger partial charge in [-0.2, -0.15) is 8.78 Å². The van der Waals surface area contributed by atoms with Gasteiger partial charge in [0.15, 0.2) is 11.5 Å². The van der Waals surface area contributed by atoms with Gasteiger partial charge in [0.25, 0.3) is 0 Å². The number of benzene rings is 1. The Labute approximate surface area is 160 Å². The first kappa shape index (κ1) is 20.1. The van der Waals surface area contributed by atoms with Crippen LogP contribution in [0.4, 0.5) is 8.78 Å². The molecule has 0 amide bonds. The van der Waals surface area contributed by atoms with Crippen molar-refractivity contribution >= 4 is 0 Å². The van der Waals surface area contributed by atoms with Gasteiger partial charge in [0.05, 0.1) is 25.9 Å². The molecule has 27 heavy (non-hydrogen) atoms. The highest BCUT2D eigenvalue weighted by Gasteiger charge is 2.31. The summed E-state index contributed by atoms with van der Waals surface area (Å²) in [5.74, 6) is -0.590. The van der Waals surface area contributed by atoms with Gasteiger partial charge in [0, 0.05) is 5.92 Å². The molecule has 0 radical (unpaired) electrons. The third kappa shape index (κ3) is 5.01. The summed E-state index contributed by atoms with van der Waals surface area (Å²) >= 11 is 0. The molecule has 150 valence electrons. The molecule has 1 saturated heterocycles. The smallest absolute Gasteiger partial charge is 0.204 e. The minimum Gasteiger partial charge on any atom is -0.491 e. The first-order valence-electron chi connectivity index (χ1n) is 10.1. The second kappa shape index (κ2) is 9.54. The molecule has 1 saturated carbocycles. The molecule has 0 bridgehead atoms. The topological polar surface area (TPSA) is 27.7 Å². The normalized spacial score (nSPS) is 28.6. The Hall–Kier alpha value is -1.62. The highest BCUT2D eigenvalue weighted by molar-refractivity contribution is 5.35. The summed E-state index contributed by atoms with van der Waals surface area (Å²) in [4.78, 5) is 0. The Morgan fingerprint density at radius 3 is 2.26 bits per heavy atom. The van der Waals surface area contributed by atoms with E-state index in [4.69, 9.17) is 14.2 Å². The molecule has 0 aromatic heterocycles. The van der Waals surface area contributed by atoms with Gasteiger partial charge in [-0.3, -0.25) is 0 Å². The molecule has 1 aromatic rings. The largest absolute Gasteiger partial charge is 0.491 e. The first-order valence-corrected chi connectivity index (χ1v) is 10.1. The number of ether oxygens (including phenoxy) is 3. The van der Waals surface area contributed by atoms with E-state index in [-0.39, 0.29) is 11.5 Å². The fourth-order valence-electron chi connectivity index (χ4n) is 4.18. The van der Waals surface area contributed by atoms with Crippen molar-refractivity contribution in [3.8, 4) is 11.5 Å². The minimum absolute atomic E-state index is 0.0378. The molecular weight excluding hydrogens is 350 g/mol. The van der Waals surface area contributed by atoms with Crippen LogP contribution in [0, 0.1) is 29.4 Å². The highest BCUT2D eigenvalue weighted by Crippen LogP contribution is 2.36. The molecule has 3 rings (SSSR count). The zero-order chi connectivity index (χ0) is 19.2. The van der Waals surface area contributed by atoms with Crippen LogP contribution >= 0.6 is 0 Å². The molecule has 5 heteroatoms. The molecule has 3 nitrogen and oxygen atoms in total. The average Bonchev–Trinajstić information content (AvgIpc) is 2.71. The predicted octanol–water partition coefficient (Wildman–Crippen LogP) is 5.53. The van der Waals surface area contributed by atoms with Crippen molar-refractivity contribution in [2.75, 3.05) is 19.8 Å². The van der Waals surface area contributed by atoms with E-state index in [0.29, 0.717) is 37.1 Å². The first-order chi connectivity index (χ1) is 13.1. The molecular formula is C22H30F2O3. The zero-order valence-electron chi connectivity index (χ0n) is 16.1. The Morgan fingerprint density at radius 1 is 1.04 bits per heavy atom. The van der Waals surface area contributed by atoms with Crippen molar-refractivity contribution in [3.63, 3.8) is 0 Å². The van der Waals surface area contributed by atoms with E-state index < -0.39 is 11.6 Å². The van der Waals surface area contributed by atoms with Crippen LogP contribution in [0.3, 0.4) is 0 Å². The van der Waals surface area contributed by atoms with E-state index >= 15 is 0 Å². The molecule has 2 atom stereocenters. The van der Waals surface area contributed by atoms with Crippen molar-refractivity contribution < 1.29 is 23.0 Å². The summed E-state index contributed by atoms with van der Waals surface area (Å²) in [5, 5.41) is 0. The van der Waals surface area contributed by atoms with Crippen molar-refractivity contribution in [2.24, 2.45) is 17.8 Å². The Kier molecular flexibility index (Phi) is 7.11. The summed E-state index contributed by atoms with van der Waals surface area (Å²) in [6.45, 7) is 7.08. The third-order valence-corrected chi connectivity index (χ3v) is 5.88. The monoisotopic (exact) mass is 380 g/mol. The van der Waals surface area contributed by atoms with E-state index in [1.54, 1.807) is 6.92 Å². The van der Waals surface area contributed by atoms with Crippen LogP contribution in [-0.4, -0.2) is 25.9 Å². The molecule has 2 aliphatic rings. The van der Waals surface area contributed by atoms with Crippen molar-refractivity contribution in [1.29, 1.82) is 0 Å². The van der Waals surface area contributed by atoms with Gasteiger partial charge < -0.3 is 14.2 Å². The van der Waals surface area contributed by atoms with Crippen LogP contribution < -0.4 is 9.47 Å². The lowest BCUT2D eigenvalue weighted by molar-refractivity contribution is -0.0503. The standard InChI is InChI=1S/C22H30F2O3/c1-3-15-7-10-18(26-13-15)17-8-5-16(6-9-17)14-27-20-12-11-19(25-4-2)21(23)22(20)24/h3,11-12,15-18H,1,4-10,13-14H2,2H3. The van der Waals surface area contributed by atoms with E-state index in [0.717, 1.165) is 38.7 Å². The summed E-state index contributed by atoms with van der Waals surface area (Å²) in [6.07, 6.45) is 8.93. The van der Waals surface area contributed by atoms with Crippen molar-refractivity contribution in [2.45, 2.75) is 51.6 Å². The van der Waals surface area contributed by atoms with E-state index in [2.05, 4.69) is 6.58 Å². The maximum Gasteiger partial charge on any atom is 0.204 e. The SMILES string of the molecule is C=CC1CCC(C2CCC(COc3ccc(OCC)c(F)c3F)CC2)OC1. The second-order valence-electron chi connectivity index (χ2n) is 7.66. The molecule has 0 N–H and O–H groups in total. The lowest BCUT2D eigenvalue weighted by Gasteiger charge is -2.37. The quantitative estimate of drug-likeness (QED) is 0.582. The molecule has 0 spiro atoms. The number of rotatable bonds is 7. The van der Waals surface area contributed by atoms with Gasteiger partial charge in [0.1, 0.15) is 0 Å². The van der Waals surface area contributed by atoms with E-state index in [1.807, 2.05) is 6.08 Å². The van der Waals surface area contributed by atoms with Gasteiger partial charge in [-0.15, -0.1) is 6.58 Å². The van der Waals surface area contributed by atoms with Gasteiger partial charge in [-0.05, 0) is 69.4 Å². The fraction of sp³-hybridized carbons (Fsp3) is 0.636. The van der Waals surface area contributed by atoms with Crippen LogP contribution in [0.15, 0.2) is 24.8 Å². The Bertz CT molecular complexity index is 618. The Balaban J connectivity index is 1.45. The summed E-state index contributed by atoms with van der Waals surface area (Å²) in [7, 11) is 0. The summed E-state index contributed by atoms with van der Waals surface area (Å²) < 4.78 is 44.7. The molecule has 1 heterocycles. The molecule has 2 fully saturated rings.